The molecule has 20 heavy (non-hydrogen) atoms. The van der Waals surface area contributed by atoms with Crippen LogP contribution in [0.4, 0.5) is 0 Å². The molecule has 0 aliphatic rings. The van der Waals surface area contributed by atoms with Crippen molar-refractivity contribution in [2.75, 3.05) is 6.61 Å². The van der Waals surface area contributed by atoms with Crippen molar-refractivity contribution in [3.63, 3.8) is 0 Å². The number of hydrogen-bond acceptors (Lipinski definition) is 1. The van der Waals surface area contributed by atoms with Gasteiger partial charge in [0.1, 0.15) is 0 Å². The summed E-state index contributed by atoms with van der Waals surface area (Å²) in [6.45, 7) is 25.8. The van der Waals surface area contributed by atoms with Crippen molar-refractivity contribution in [3.8, 4) is 0 Å². The normalized spacial score (nSPS) is 14.5. The molecule has 0 fully saturated rings. The third kappa shape index (κ3) is 5.34. The first-order chi connectivity index (χ1) is 8.97. The smallest absolute Gasteiger partial charge is 0.200 e. The second kappa shape index (κ2) is 7.76. The van der Waals surface area contributed by atoms with E-state index in [4.69, 9.17) is 4.43 Å². The average Bonchev–Trinajstić information content (AvgIpc) is 2.24. The molecule has 0 saturated carbocycles. The molecule has 1 nitrogen and oxygen atoms in total. The molecular formula is C17H36OSi2. The van der Waals surface area contributed by atoms with E-state index in [1.165, 1.54) is 5.57 Å². The van der Waals surface area contributed by atoms with Crippen LogP contribution in [-0.2, 0) is 4.43 Å². The monoisotopic (exact) mass is 312 g/mol. The summed E-state index contributed by atoms with van der Waals surface area (Å²) in [6.07, 6.45) is 1.98. The fourth-order valence-electron chi connectivity index (χ4n) is 3.42. The van der Waals surface area contributed by atoms with Crippen LogP contribution in [0, 0.1) is 0 Å². The van der Waals surface area contributed by atoms with E-state index in [1.54, 1.807) is 0 Å². The molecule has 0 bridgehead atoms. The van der Waals surface area contributed by atoms with Crippen molar-refractivity contribution < 1.29 is 4.43 Å². The van der Waals surface area contributed by atoms with Gasteiger partial charge in [-0.2, -0.15) is 0 Å². The molecule has 0 atom stereocenters. The SMILES string of the molecule is C=C/C(=C\[Si](C)(C)C)CO[Si](C(C)C)(C(C)C)C(C)C. The summed E-state index contributed by atoms with van der Waals surface area (Å²) >= 11 is 0. The van der Waals surface area contributed by atoms with Crippen molar-refractivity contribution in [1.82, 2.24) is 0 Å². The van der Waals surface area contributed by atoms with Crippen LogP contribution in [0.1, 0.15) is 41.5 Å². The predicted octanol–water partition coefficient (Wildman–Crippen LogP) is 6.17. The van der Waals surface area contributed by atoms with Crippen molar-refractivity contribution in [2.24, 2.45) is 0 Å². The molecule has 0 radical (unpaired) electrons. The molecular weight excluding hydrogens is 276 g/mol. The van der Waals surface area contributed by atoms with Crippen LogP contribution in [0.3, 0.4) is 0 Å². The quantitative estimate of drug-likeness (QED) is 0.385. The minimum atomic E-state index is -1.76. The van der Waals surface area contributed by atoms with E-state index in [1.807, 2.05) is 6.08 Å². The zero-order valence-electron chi connectivity index (χ0n) is 15.2. The zero-order valence-corrected chi connectivity index (χ0v) is 17.2. The minimum Gasteiger partial charge on any atom is -0.412 e. The van der Waals surface area contributed by atoms with Crippen molar-refractivity contribution in [2.45, 2.75) is 77.8 Å². The molecule has 0 amide bonds. The minimum absolute atomic E-state index is 0.639. The van der Waals surface area contributed by atoms with E-state index in [-0.39, 0.29) is 0 Å². The van der Waals surface area contributed by atoms with Gasteiger partial charge in [-0.25, -0.2) is 0 Å². The van der Waals surface area contributed by atoms with Crippen LogP contribution < -0.4 is 0 Å². The Morgan fingerprint density at radius 3 is 1.60 bits per heavy atom. The standard InChI is InChI=1S/C17H36OSi2/c1-11-17(13-19(8,9)10)12-18-20(14(2)3,15(4)5)16(6)7/h11,13-16H,1,12H2,2-10H3/b17-13+. The van der Waals surface area contributed by atoms with Gasteiger partial charge < -0.3 is 4.43 Å². The summed E-state index contributed by atoms with van der Waals surface area (Å²) in [5.74, 6) is 0. The summed E-state index contributed by atoms with van der Waals surface area (Å²) in [4.78, 5) is 0. The highest BCUT2D eigenvalue weighted by atomic mass is 28.4. The summed E-state index contributed by atoms with van der Waals surface area (Å²) < 4.78 is 6.63. The van der Waals surface area contributed by atoms with Crippen molar-refractivity contribution >= 4 is 16.4 Å². The lowest BCUT2D eigenvalue weighted by atomic mass is 10.3. The third-order valence-electron chi connectivity index (χ3n) is 4.08. The van der Waals surface area contributed by atoms with Crippen molar-refractivity contribution in [1.29, 1.82) is 0 Å². The lowest BCUT2D eigenvalue weighted by Crippen LogP contribution is -2.48. The third-order valence-corrected chi connectivity index (χ3v) is 11.4. The van der Waals surface area contributed by atoms with Gasteiger partial charge in [0.25, 0.3) is 0 Å². The van der Waals surface area contributed by atoms with Crippen molar-refractivity contribution in [3.05, 3.63) is 23.9 Å². The van der Waals surface area contributed by atoms with Crippen LogP contribution in [0.5, 0.6) is 0 Å². The topological polar surface area (TPSA) is 9.23 Å². The Morgan fingerprint density at radius 1 is 0.950 bits per heavy atom. The average molecular weight is 313 g/mol. The molecule has 0 aromatic rings. The van der Waals surface area contributed by atoms with Crippen LogP contribution in [0.15, 0.2) is 23.9 Å². The molecule has 0 rings (SSSR count). The van der Waals surface area contributed by atoms with Gasteiger partial charge in [0.15, 0.2) is 0 Å². The fourth-order valence-corrected chi connectivity index (χ4v) is 10.2. The molecule has 0 heterocycles. The Balaban J connectivity index is 5.21. The molecule has 0 aliphatic carbocycles. The molecule has 0 spiro atoms. The maximum absolute atomic E-state index is 6.63. The molecule has 0 unspecified atom stereocenters. The molecule has 118 valence electrons. The van der Waals surface area contributed by atoms with Gasteiger partial charge >= 0.3 is 0 Å². The Labute approximate surface area is 129 Å². The Morgan fingerprint density at radius 2 is 1.35 bits per heavy atom. The van der Waals surface area contributed by atoms with Gasteiger partial charge in [-0.15, -0.1) is 0 Å². The Bertz CT molecular complexity index is 314. The largest absolute Gasteiger partial charge is 0.412 e. The number of hydrogen-bond donors (Lipinski definition) is 0. The zero-order chi connectivity index (χ0) is 16.1. The van der Waals surface area contributed by atoms with E-state index in [0.29, 0.717) is 16.6 Å². The lowest BCUT2D eigenvalue weighted by Gasteiger charge is -2.42. The predicted molar refractivity (Wildman–Crippen MR) is 98.6 cm³/mol. The van der Waals surface area contributed by atoms with Gasteiger partial charge in [0.05, 0.1) is 14.7 Å². The molecule has 3 heteroatoms. The molecule has 0 aromatic carbocycles. The van der Waals surface area contributed by atoms with Crippen LogP contribution in [0.25, 0.3) is 0 Å². The molecule has 0 aliphatic heterocycles. The highest BCUT2D eigenvalue weighted by molar-refractivity contribution is 6.81. The van der Waals surface area contributed by atoms with E-state index in [0.717, 1.165) is 6.61 Å². The van der Waals surface area contributed by atoms with Gasteiger partial charge in [0, 0.05) is 0 Å². The lowest BCUT2D eigenvalue weighted by molar-refractivity contribution is 0.310. The Hall–Kier alpha value is -0.126. The first-order valence-electron chi connectivity index (χ1n) is 7.95. The van der Waals surface area contributed by atoms with E-state index in [2.05, 4.69) is 73.5 Å². The molecule has 0 N–H and O–H groups in total. The first kappa shape index (κ1) is 19.9. The fraction of sp³-hybridized carbons (Fsp3) is 0.765. The highest BCUT2D eigenvalue weighted by Crippen LogP contribution is 2.42. The summed E-state index contributed by atoms with van der Waals surface area (Å²) in [7, 11) is -2.97. The van der Waals surface area contributed by atoms with Crippen LogP contribution in [-0.4, -0.2) is 23.0 Å². The second-order valence-electron chi connectivity index (χ2n) is 7.90. The van der Waals surface area contributed by atoms with E-state index < -0.39 is 16.4 Å². The molecule has 0 aromatic heterocycles. The summed E-state index contributed by atoms with van der Waals surface area (Å²) in [5.41, 5.74) is 5.62. The number of rotatable bonds is 8. The van der Waals surface area contributed by atoms with E-state index >= 15 is 0 Å². The maximum atomic E-state index is 6.63. The molecule has 0 saturated heterocycles. The van der Waals surface area contributed by atoms with Gasteiger partial charge in [-0.1, -0.05) is 79.5 Å². The van der Waals surface area contributed by atoms with Gasteiger partial charge in [-0.05, 0) is 22.2 Å². The van der Waals surface area contributed by atoms with Gasteiger partial charge in [0.2, 0.25) is 8.32 Å². The van der Waals surface area contributed by atoms with E-state index in [9.17, 15) is 0 Å². The Kier molecular flexibility index (Phi) is 7.71. The van der Waals surface area contributed by atoms with Crippen LogP contribution >= 0.6 is 0 Å². The summed E-state index contributed by atoms with van der Waals surface area (Å²) in [5, 5.41) is 0. The highest BCUT2D eigenvalue weighted by Gasteiger charge is 2.44. The first-order valence-corrected chi connectivity index (χ1v) is 13.7. The van der Waals surface area contributed by atoms with Gasteiger partial charge in [-0.3, -0.25) is 0 Å². The van der Waals surface area contributed by atoms with Crippen LogP contribution in [0.2, 0.25) is 36.3 Å². The second-order valence-corrected chi connectivity index (χ2v) is 18.4. The maximum Gasteiger partial charge on any atom is 0.200 e. The summed E-state index contributed by atoms with van der Waals surface area (Å²) in [6, 6.07) is 0.